The highest BCUT2D eigenvalue weighted by Crippen LogP contribution is 2.17. The Bertz CT molecular complexity index is 441. The van der Waals surface area contributed by atoms with Crippen LogP contribution in [0.5, 0.6) is 0 Å². The van der Waals surface area contributed by atoms with Crippen LogP contribution in [0.4, 0.5) is 0 Å². The quantitative estimate of drug-likeness (QED) is 0.700. The molecule has 0 atom stereocenters. The van der Waals surface area contributed by atoms with Crippen LogP contribution in [0.15, 0.2) is 17.7 Å². The average Bonchev–Trinajstić information content (AvgIpc) is 2.62. The number of thiazole rings is 1. The number of hydrogen-bond acceptors (Lipinski definition) is 2. The molecule has 0 radical (unpaired) electrons. The minimum atomic E-state index is 0.539. The summed E-state index contributed by atoms with van der Waals surface area (Å²) in [6, 6.07) is 0. The van der Waals surface area contributed by atoms with Gasteiger partial charge in [0, 0.05) is 17.5 Å². The monoisotopic (exact) mass is 212 g/mol. The third-order valence-electron chi connectivity index (χ3n) is 1.85. The summed E-state index contributed by atoms with van der Waals surface area (Å²) in [4.78, 5) is 5.45. The van der Waals surface area contributed by atoms with Crippen molar-refractivity contribution in [1.29, 1.82) is 0 Å². The molecule has 0 spiro atoms. The Morgan fingerprint density at radius 3 is 3.31 bits per heavy atom. The van der Waals surface area contributed by atoms with Crippen LogP contribution in [0.25, 0.3) is 11.0 Å². The first-order chi connectivity index (χ1) is 6.33. The predicted molar refractivity (Wildman–Crippen MR) is 57.6 cm³/mol. The Kier molecular flexibility index (Phi) is 2.38. The topological polar surface area (TPSA) is 17.3 Å². The van der Waals surface area contributed by atoms with Gasteiger partial charge in [0.2, 0.25) is 0 Å². The molecule has 2 nitrogen and oxygen atoms in total. The molecule has 0 aromatic carbocycles. The van der Waals surface area contributed by atoms with Gasteiger partial charge >= 0.3 is 0 Å². The second-order valence-electron chi connectivity index (χ2n) is 2.69. The molecule has 0 bridgehead atoms. The lowest BCUT2D eigenvalue weighted by Crippen LogP contribution is -1.82. The fourth-order valence-electron chi connectivity index (χ4n) is 1.27. The lowest BCUT2D eigenvalue weighted by molar-refractivity contribution is 1.19. The summed E-state index contributed by atoms with van der Waals surface area (Å²) in [5.74, 6) is 0.539. The van der Waals surface area contributed by atoms with E-state index in [9.17, 15) is 0 Å². The summed E-state index contributed by atoms with van der Waals surface area (Å²) < 4.78 is 2.07. The van der Waals surface area contributed by atoms with E-state index in [2.05, 4.69) is 9.38 Å². The number of aryl methyl sites for hydroxylation is 1. The molecule has 2 rings (SSSR count). The summed E-state index contributed by atoms with van der Waals surface area (Å²) in [5, 5.41) is 2.03. The Balaban J connectivity index is 2.57. The van der Waals surface area contributed by atoms with Crippen molar-refractivity contribution >= 4 is 34.0 Å². The highest BCUT2D eigenvalue weighted by molar-refractivity contribution is 7.15. The first kappa shape index (κ1) is 8.78. The molecule has 2 heterocycles. The Morgan fingerprint density at radius 1 is 1.69 bits per heavy atom. The van der Waals surface area contributed by atoms with Gasteiger partial charge in [0.25, 0.3) is 0 Å². The Hall–Kier alpha value is -0.800. The van der Waals surface area contributed by atoms with Crippen molar-refractivity contribution in [3.05, 3.63) is 29.0 Å². The third-order valence-corrected chi connectivity index (χ3v) is 2.78. The molecule has 0 saturated carbocycles. The number of alkyl halides is 1. The zero-order valence-corrected chi connectivity index (χ0v) is 8.77. The van der Waals surface area contributed by atoms with Crippen LogP contribution in [0, 0.1) is 6.92 Å². The number of rotatable bonds is 2. The molecule has 0 aliphatic rings. The van der Waals surface area contributed by atoms with Gasteiger partial charge in [-0.15, -0.1) is 22.9 Å². The molecular weight excluding hydrogens is 204 g/mol. The molecule has 0 unspecified atom stereocenters. The third kappa shape index (κ3) is 1.49. The molecular formula is C9H9ClN2S. The van der Waals surface area contributed by atoms with Gasteiger partial charge in [0.1, 0.15) is 0 Å². The van der Waals surface area contributed by atoms with Crippen molar-refractivity contribution in [2.45, 2.75) is 6.92 Å². The van der Waals surface area contributed by atoms with E-state index in [1.165, 1.54) is 0 Å². The number of nitrogens with zero attached hydrogens (tertiary/aromatic N) is 2. The SMILES string of the molecule is Cc1nc2sccn2c1/C=C/CCl. The average molecular weight is 213 g/mol. The normalized spacial score (nSPS) is 11.8. The van der Waals surface area contributed by atoms with Crippen molar-refractivity contribution in [1.82, 2.24) is 9.38 Å². The molecule has 68 valence electrons. The second-order valence-corrected chi connectivity index (χ2v) is 3.88. The summed E-state index contributed by atoms with van der Waals surface area (Å²) >= 11 is 7.22. The van der Waals surface area contributed by atoms with Gasteiger partial charge < -0.3 is 0 Å². The summed E-state index contributed by atoms with van der Waals surface area (Å²) in [6.45, 7) is 2.01. The highest BCUT2D eigenvalue weighted by atomic mass is 35.5. The number of hydrogen-bond donors (Lipinski definition) is 0. The van der Waals surface area contributed by atoms with Crippen LogP contribution >= 0.6 is 22.9 Å². The molecule has 0 amide bonds. The standard InChI is InChI=1S/C9H9ClN2S/c1-7-8(3-2-4-10)12-5-6-13-9(12)11-7/h2-3,5-6H,4H2,1H3/b3-2+. The van der Waals surface area contributed by atoms with E-state index in [4.69, 9.17) is 11.6 Å². The van der Waals surface area contributed by atoms with E-state index in [1.807, 2.05) is 30.7 Å². The Labute approximate surface area is 85.5 Å². The minimum absolute atomic E-state index is 0.539. The summed E-state index contributed by atoms with van der Waals surface area (Å²) in [5.41, 5.74) is 2.17. The zero-order chi connectivity index (χ0) is 9.26. The van der Waals surface area contributed by atoms with Crippen LogP contribution in [0.3, 0.4) is 0 Å². The van der Waals surface area contributed by atoms with Crippen molar-refractivity contribution in [2.75, 3.05) is 5.88 Å². The number of halogens is 1. The molecule has 13 heavy (non-hydrogen) atoms. The lowest BCUT2D eigenvalue weighted by atomic mass is 10.3. The van der Waals surface area contributed by atoms with Crippen LogP contribution in [-0.2, 0) is 0 Å². The molecule has 0 saturated heterocycles. The molecule has 0 aliphatic heterocycles. The summed E-state index contributed by atoms with van der Waals surface area (Å²) in [7, 11) is 0. The van der Waals surface area contributed by atoms with E-state index in [0.717, 1.165) is 16.3 Å². The number of imidazole rings is 1. The van der Waals surface area contributed by atoms with Gasteiger partial charge in [0.15, 0.2) is 4.96 Å². The van der Waals surface area contributed by atoms with Crippen LogP contribution in [0.1, 0.15) is 11.4 Å². The number of aromatic nitrogens is 2. The molecule has 2 aromatic rings. The minimum Gasteiger partial charge on any atom is -0.291 e. The van der Waals surface area contributed by atoms with Crippen molar-refractivity contribution < 1.29 is 0 Å². The largest absolute Gasteiger partial charge is 0.291 e. The van der Waals surface area contributed by atoms with Gasteiger partial charge in [-0.3, -0.25) is 4.40 Å². The fourth-order valence-corrected chi connectivity index (χ4v) is 2.12. The Morgan fingerprint density at radius 2 is 2.54 bits per heavy atom. The van der Waals surface area contributed by atoms with Gasteiger partial charge in [0.05, 0.1) is 11.4 Å². The van der Waals surface area contributed by atoms with Gasteiger partial charge in [-0.1, -0.05) is 6.08 Å². The maximum atomic E-state index is 5.58. The molecule has 0 aliphatic carbocycles. The maximum absolute atomic E-state index is 5.58. The van der Waals surface area contributed by atoms with E-state index >= 15 is 0 Å². The van der Waals surface area contributed by atoms with Crippen LogP contribution in [-0.4, -0.2) is 15.3 Å². The lowest BCUT2D eigenvalue weighted by Gasteiger charge is -1.90. The van der Waals surface area contributed by atoms with Crippen molar-refractivity contribution in [3.8, 4) is 0 Å². The van der Waals surface area contributed by atoms with E-state index < -0.39 is 0 Å². The zero-order valence-electron chi connectivity index (χ0n) is 7.20. The first-order valence-corrected chi connectivity index (χ1v) is 5.39. The second kappa shape index (κ2) is 3.52. The fraction of sp³-hybridized carbons (Fsp3) is 0.222. The molecule has 4 heteroatoms. The van der Waals surface area contributed by atoms with Crippen molar-refractivity contribution in [3.63, 3.8) is 0 Å². The molecule has 0 fully saturated rings. The highest BCUT2D eigenvalue weighted by Gasteiger charge is 2.05. The van der Waals surface area contributed by atoms with Crippen molar-refractivity contribution in [2.24, 2.45) is 0 Å². The van der Waals surface area contributed by atoms with E-state index in [-0.39, 0.29) is 0 Å². The first-order valence-electron chi connectivity index (χ1n) is 3.97. The van der Waals surface area contributed by atoms with Gasteiger partial charge in [-0.2, -0.15) is 0 Å². The maximum Gasteiger partial charge on any atom is 0.194 e. The number of fused-ring (bicyclic) bond motifs is 1. The predicted octanol–water partition coefficient (Wildman–Crippen LogP) is 2.96. The number of allylic oxidation sites excluding steroid dienone is 1. The smallest absolute Gasteiger partial charge is 0.194 e. The van der Waals surface area contributed by atoms with E-state index in [0.29, 0.717) is 5.88 Å². The molecule has 2 aromatic heterocycles. The van der Waals surface area contributed by atoms with Gasteiger partial charge in [-0.25, -0.2) is 4.98 Å². The van der Waals surface area contributed by atoms with Crippen LogP contribution < -0.4 is 0 Å². The summed E-state index contributed by atoms with van der Waals surface area (Å²) in [6.07, 6.45) is 5.96. The van der Waals surface area contributed by atoms with Gasteiger partial charge in [-0.05, 0) is 13.0 Å². The van der Waals surface area contributed by atoms with Crippen LogP contribution in [0.2, 0.25) is 0 Å². The molecule has 0 N–H and O–H groups in total. The van der Waals surface area contributed by atoms with E-state index in [1.54, 1.807) is 11.3 Å².